The highest BCUT2D eigenvalue weighted by Gasteiger charge is 2.51. The van der Waals surface area contributed by atoms with Gasteiger partial charge in [0.1, 0.15) is 18.5 Å². The normalized spacial score (nSPS) is 24.6. The monoisotopic (exact) mass is 465 g/mol. The molecule has 0 radical (unpaired) electrons. The summed E-state index contributed by atoms with van der Waals surface area (Å²) < 4.78 is 32.0. The first-order valence-electron chi connectivity index (χ1n) is 10.1. The highest BCUT2D eigenvalue weighted by Crippen LogP contribution is 2.30. The Morgan fingerprint density at radius 1 is 0.879 bits per heavy atom. The average molecular weight is 465 g/mol. The van der Waals surface area contributed by atoms with Crippen molar-refractivity contribution in [3.8, 4) is 5.75 Å². The highest BCUT2D eigenvalue weighted by molar-refractivity contribution is 5.80. The van der Waals surface area contributed by atoms with Gasteiger partial charge in [-0.15, -0.1) is 0 Å². The number of hydrogen-bond acceptors (Lipinski definition) is 11. The fourth-order valence-corrected chi connectivity index (χ4v) is 3.17. The van der Waals surface area contributed by atoms with Crippen LogP contribution in [0, 0.1) is 0 Å². The van der Waals surface area contributed by atoms with Crippen molar-refractivity contribution in [2.75, 3.05) is 13.7 Å². The molecule has 11 heteroatoms. The van der Waals surface area contributed by atoms with Crippen LogP contribution in [-0.4, -0.2) is 74.5 Å². The van der Waals surface area contributed by atoms with Gasteiger partial charge in [-0.1, -0.05) is 0 Å². The van der Waals surface area contributed by atoms with Crippen LogP contribution in [-0.2, 0) is 42.9 Å². The van der Waals surface area contributed by atoms with Crippen LogP contribution < -0.4 is 4.74 Å². The van der Waals surface area contributed by atoms with Gasteiger partial charge in [0, 0.05) is 33.9 Å². The summed E-state index contributed by atoms with van der Waals surface area (Å²) in [6, 6.07) is 5.84. The molecular formula is C22H27NO10. The van der Waals surface area contributed by atoms with E-state index in [2.05, 4.69) is 4.99 Å². The van der Waals surface area contributed by atoms with E-state index in [0.717, 1.165) is 0 Å². The zero-order chi connectivity index (χ0) is 24.5. The van der Waals surface area contributed by atoms with Crippen molar-refractivity contribution in [2.24, 2.45) is 4.99 Å². The van der Waals surface area contributed by atoms with Crippen molar-refractivity contribution in [1.29, 1.82) is 0 Å². The number of aliphatic imine (C=N–C) groups is 1. The molecule has 33 heavy (non-hydrogen) atoms. The third-order valence-corrected chi connectivity index (χ3v) is 4.46. The Bertz CT molecular complexity index is 882. The van der Waals surface area contributed by atoms with E-state index in [-0.39, 0.29) is 6.61 Å². The van der Waals surface area contributed by atoms with Gasteiger partial charge in [-0.3, -0.25) is 24.2 Å². The fourth-order valence-electron chi connectivity index (χ4n) is 3.17. The van der Waals surface area contributed by atoms with Crippen LogP contribution >= 0.6 is 0 Å². The second kappa shape index (κ2) is 12.0. The number of carbonyl (C=O) groups is 4. The van der Waals surface area contributed by atoms with Gasteiger partial charge < -0.3 is 28.4 Å². The maximum Gasteiger partial charge on any atom is 0.305 e. The summed E-state index contributed by atoms with van der Waals surface area (Å²) in [7, 11) is 1.54. The van der Waals surface area contributed by atoms with Crippen LogP contribution in [0.3, 0.4) is 0 Å². The predicted molar refractivity (Wildman–Crippen MR) is 113 cm³/mol. The van der Waals surface area contributed by atoms with Gasteiger partial charge in [0.05, 0.1) is 7.11 Å². The van der Waals surface area contributed by atoms with E-state index in [0.29, 0.717) is 11.3 Å². The molecule has 0 N–H and O–H groups in total. The molecule has 0 amide bonds. The second-order valence-electron chi connectivity index (χ2n) is 7.14. The Labute approximate surface area is 190 Å². The molecule has 1 heterocycles. The highest BCUT2D eigenvalue weighted by atomic mass is 16.7. The Morgan fingerprint density at radius 2 is 1.45 bits per heavy atom. The molecule has 1 saturated heterocycles. The van der Waals surface area contributed by atoms with Gasteiger partial charge in [-0.05, 0) is 29.8 Å². The quantitative estimate of drug-likeness (QED) is 0.313. The Kier molecular flexibility index (Phi) is 9.34. The summed E-state index contributed by atoms with van der Waals surface area (Å²) in [5, 5.41) is 0. The van der Waals surface area contributed by atoms with Gasteiger partial charge in [-0.25, -0.2) is 0 Å². The molecule has 1 aromatic carbocycles. The molecule has 1 aromatic rings. The molecule has 2 rings (SSSR count). The van der Waals surface area contributed by atoms with Gasteiger partial charge >= 0.3 is 23.9 Å². The number of rotatable bonds is 8. The van der Waals surface area contributed by atoms with Crippen LogP contribution in [0.5, 0.6) is 5.75 Å². The lowest BCUT2D eigenvalue weighted by Crippen LogP contribution is -2.61. The molecule has 1 aliphatic heterocycles. The number of ether oxygens (including phenoxy) is 6. The Hall–Kier alpha value is -3.47. The minimum atomic E-state index is -1.31. The molecule has 0 aliphatic carbocycles. The Morgan fingerprint density at radius 3 is 1.97 bits per heavy atom. The fraction of sp³-hybridized carbons (Fsp3) is 0.500. The second-order valence-corrected chi connectivity index (χ2v) is 7.14. The van der Waals surface area contributed by atoms with E-state index in [4.69, 9.17) is 28.4 Å². The average Bonchev–Trinajstić information content (AvgIpc) is 2.73. The standard InChI is InChI=1S/C22H27NO10/c1-12(24)29-11-18-20(30-13(2)25)21(31-14(3)26)19(22(33-18)32-15(4)27)23-10-16-6-8-17(28-5)9-7-16/h6-10,18-22H,11H2,1-5H3/t18-,19+,20-,21-,22-/m1/s1. The zero-order valence-corrected chi connectivity index (χ0v) is 19.0. The van der Waals surface area contributed by atoms with Crippen molar-refractivity contribution in [2.45, 2.75) is 58.3 Å². The SMILES string of the molecule is COc1ccc(C=N[C@@H]2[C@H](OC(C)=O)O[C@H](COC(C)=O)[C@@H](OC(C)=O)[C@@H]2OC(C)=O)cc1. The number of carbonyl (C=O) groups excluding carboxylic acids is 4. The number of nitrogens with zero attached hydrogens (tertiary/aromatic N) is 1. The largest absolute Gasteiger partial charge is 0.497 e. The molecule has 0 unspecified atom stereocenters. The topological polar surface area (TPSA) is 136 Å². The van der Waals surface area contributed by atoms with E-state index in [1.807, 2.05) is 0 Å². The first-order chi connectivity index (χ1) is 15.6. The number of benzene rings is 1. The number of methoxy groups -OCH3 is 1. The van der Waals surface area contributed by atoms with Crippen LogP contribution in [0.25, 0.3) is 0 Å². The summed E-state index contributed by atoms with van der Waals surface area (Å²) in [6.45, 7) is 4.37. The molecule has 1 aliphatic rings. The molecule has 0 saturated carbocycles. The molecule has 180 valence electrons. The maximum absolute atomic E-state index is 11.9. The van der Waals surface area contributed by atoms with Crippen molar-refractivity contribution in [1.82, 2.24) is 0 Å². The van der Waals surface area contributed by atoms with Crippen LogP contribution in [0.2, 0.25) is 0 Å². The summed E-state index contributed by atoms with van der Waals surface area (Å²) >= 11 is 0. The van der Waals surface area contributed by atoms with Crippen molar-refractivity contribution in [3.63, 3.8) is 0 Å². The van der Waals surface area contributed by atoms with Crippen molar-refractivity contribution < 1.29 is 47.6 Å². The lowest BCUT2D eigenvalue weighted by atomic mass is 9.96. The summed E-state index contributed by atoms with van der Waals surface area (Å²) in [5.74, 6) is -2.00. The molecule has 0 bridgehead atoms. The minimum Gasteiger partial charge on any atom is -0.497 e. The van der Waals surface area contributed by atoms with E-state index in [1.54, 1.807) is 24.3 Å². The van der Waals surface area contributed by atoms with Gasteiger partial charge in [0.2, 0.25) is 6.29 Å². The summed E-state index contributed by atoms with van der Waals surface area (Å²) in [6.07, 6.45) is -3.31. The molecule has 5 atom stereocenters. The van der Waals surface area contributed by atoms with Crippen molar-refractivity contribution >= 4 is 30.1 Å². The minimum absolute atomic E-state index is 0.336. The number of hydrogen-bond donors (Lipinski definition) is 0. The maximum atomic E-state index is 11.9. The van der Waals surface area contributed by atoms with E-state index < -0.39 is 54.5 Å². The number of esters is 4. The first kappa shape index (κ1) is 25.8. The van der Waals surface area contributed by atoms with Gasteiger partial charge in [0.15, 0.2) is 18.2 Å². The predicted octanol–water partition coefficient (Wildman–Crippen LogP) is 1.20. The molecule has 1 fully saturated rings. The van der Waals surface area contributed by atoms with Crippen LogP contribution in [0.15, 0.2) is 29.3 Å². The lowest BCUT2D eigenvalue weighted by molar-refractivity contribution is -0.266. The molecular weight excluding hydrogens is 438 g/mol. The lowest BCUT2D eigenvalue weighted by Gasteiger charge is -2.42. The van der Waals surface area contributed by atoms with E-state index in [1.165, 1.54) is 41.0 Å². The Balaban J connectivity index is 2.45. The molecule has 0 spiro atoms. The molecule has 11 nitrogen and oxygen atoms in total. The smallest absolute Gasteiger partial charge is 0.305 e. The van der Waals surface area contributed by atoms with Gasteiger partial charge in [0.25, 0.3) is 0 Å². The first-order valence-corrected chi connectivity index (χ1v) is 10.1. The summed E-state index contributed by atoms with van der Waals surface area (Å²) in [5.41, 5.74) is 0.671. The van der Waals surface area contributed by atoms with E-state index >= 15 is 0 Å². The van der Waals surface area contributed by atoms with E-state index in [9.17, 15) is 19.2 Å². The third kappa shape index (κ3) is 7.86. The van der Waals surface area contributed by atoms with Crippen LogP contribution in [0.1, 0.15) is 33.3 Å². The van der Waals surface area contributed by atoms with Crippen LogP contribution in [0.4, 0.5) is 0 Å². The van der Waals surface area contributed by atoms with Crippen molar-refractivity contribution in [3.05, 3.63) is 29.8 Å². The molecule has 0 aromatic heterocycles. The zero-order valence-electron chi connectivity index (χ0n) is 19.0. The van der Waals surface area contributed by atoms with Gasteiger partial charge in [-0.2, -0.15) is 0 Å². The third-order valence-electron chi connectivity index (χ3n) is 4.46. The summed E-state index contributed by atoms with van der Waals surface area (Å²) in [4.78, 5) is 51.1.